The second-order valence-electron chi connectivity index (χ2n) is 10.1. The minimum atomic E-state index is -0.245. The van der Waals surface area contributed by atoms with Crippen LogP contribution in [0, 0.1) is 18.3 Å². The van der Waals surface area contributed by atoms with E-state index in [1.807, 2.05) is 43.0 Å². The number of nitriles is 1. The molecule has 4 rings (SSSR count). The molecule has 0 aliphatic carbocycles. The maximum atomic E-state index is 12.8. The lowest BCUT2D eigenvalue weighted by atomic mass is 9.88. The van der Waals surface area contributed by atoms with Gasteiger partial charge >= 0.3 is 6.03 Å². The number of likely N-dealkylation sites (tertiary alicyclic amines) is 2. The standard InChI is InChI=1S/C30H37N5O2/c1-4-29(36)35-15-5-6-27(20-35)32-30(37)33-28-18-26(10-7-21(28)2)22(3)34-16-13-25(14-17-34)24-11-8-23(19-31)9-12-24/h7-12,18,25,27H,3-6,13-17,20H2,1-2H3,(H2,32,33,37). The van der Waals surface area contributed by atoms with Gasteiger partial charge in [-0.2, -0.15) is 5.26 Å². The quantitative estimate of drug-likeness (QED) is 0.569. The molecular weight excluding hydrogens is 462 g/mol. The van der Waals surface area contributed by atoms with E-state index in [9.17, 15) is 9.59 Å². The van der Waals surface area contributed by atoms with E-state index in [1.54, 1.807) is 0 Å². The van der Waals surface area contributed by atoms with Crippen molar-refractivity contribution in [2.45, 2.75) is 57.9 Å². The summed E-state index contributed by atoms with van der Waals surface area (Å²) in [5.41, 5.74) is 5.69. The fourth-order valence-corrected chi connectivity index (χ4v) is 5.32. The van der Waals surface area contributed by atoms with Crippen molar-refractivity contribution in [1.82, 2.24) is 15.1 Å². The first kappa shape index (κ1) is 26.3. The van der Waals surface area contributed by atoms with Crippen molar-refractivity contribution in [1.29, 1.82) is 5.26 Å². The van der Waals surface area contributed by atoms with Gasteiger partial charge < -0.3 is 20.4 Å². The summed E-state index contributed by atoms with van der Waals surface area (Å²) in [6.07, 6.45) is 4.32. The molecule has 7 heteroatoms. The van der Waals surface area contributed by atoms with E-state index in [-0.39, 0.29) is 18.0 Å². The van der Waals surface area contributed by atoms with Crippen molar-refractivity contribution in [2.24, 2.45) is 0 Å². The van der Waals surface area contributed by atoms with Gasteiger partial charge in [-0.1, -0.05) is 37.8 Å². The number of piperidine rings is 2. The number of amides is 3. The van der Waals surface area contributed by atoms with Crippen LogP contribution in [-0.4, -0.2) is 54.0 Å². The van der Waals surface area contributed by atoms with Crippen LogP contribution in [0.3, 0.4) is 0 Å². The summed E-state index contributed by atoms with van der Waals surface area (Å²) in [5.74, 6) is 0.619. The number of urea groups is 1. The monoisotopic (exact) mass is 499 g/mol. The number of aryl methyl sites for hydroxylation is 1. The molecule has 0 aromatic heterocycles. The summed E-state index contributed by atoms with van der Waals surface area (Å²) >= 11 is 0. The summed E-state index contributed by atoms with van der Waals surface area (Å²) < 4.78 is 0. The lowest BCUT2D eigenvalue weighted by Gasteiger charge is -2.35. The SMILES string of the molecule is C=C(c1ccc(C)c(NC(=O)NC2CCCN(C(=O)CC)C2)c1)N1CCC(c2ccc(C#N)cc2)CC1. The van der Waals surface area contributed by atoms with Crippen LogP contribution in [0.1, 0.15) is 67.2 Å². The third-order valence-corrected chi connectivity index (χ3v) is 7.62. The van der Waals surface area contributed by atoms with Gasteiger partial charge in [-0.25, -0.2) is 4.79 Å². The Balaban J connectivity index is 1.33. The van der Waals surface area contributed by atoms with E-state index in [0.29, 0.717) is 24.4 Å². The third kappa shape index (κ3) is 6.51. The molecule has 2 aromatic rings. The predicted molar refractivity (Wildman–Crippen MR) is 147 cm³/mol. The van der Waals surface area contributed by atoms with Gasteiger partial charge in [0.25, 0.3) is 0 Å². The Labute approximate surface area is 220 Å². The van der Waals surface area contributed by atoms with Crippen molar-refractivity contribution < 1.29 is 9.59 Å². The van der Waals surface area contributed by atoms with Crippen molar-refractivity contribution in [3.63, 3.8) is 0 Å². The second kappa shape index (κ2) is 12.0. The molecule has 0 spiro atoms. The van der Waals surface area contributed by atoms with Gasteiger partial charge in [0.2, 0.25) is 5.91 Å². The van der Waals surface area contributed by atoms with E-state index < -0.39 is 0 Å². The number of nitrogens with one attached hydrogen (secondary N) is 2. The highest BCUT2D eigenvalue weighted by Gasteiger charge is 2.25. The molecule has 194 valence electrons. The van der Waals surface area contributed by atoms with Crippen LogP contribution in [0.5, 0.6) is 0 Å². The largest absolute Gasteiger partial charge is 0.371 e. The zero-order chi connectivity index (χ0) is 26.4. The smallest absolute Gasteiger partial charge is 0.319 e. The summed E-state index contributed by atoms with van der Waals surface area (Å²) in [5, 5.41) is 15.1. The van der Waals surface area contributed by atoms with Crippen LogP contribution in [0.4, 0.5) is 10.5 Å². The predicted octanol–water partition coefficient (Wildman–Crippen LogP) is 5.24. The van der Waals surface area contributed by atoms with Gasteiger partial charge in [0.05, 0.1) is 11.6 Å². The van der Waals surface area contributed by atoms with Crippen molar-refractivity contribution in [2.75, 3.05) is 31.5 Å². The Morgan fingerprint density at radius 2 is 1.78 bits per heavy atom. The van der Waals surface area contributed by atoms with Gasteiger partial charge in [0, 0.05) is 50.0 Å². The molecule has 2 saturated heterocycles. The second-order valence-corrected chi connectivity index (χ2v) is 10.1. The average molecular weight is 500 g/mol. The Morgan fingerprint density at radius 1 is 1.05 bits per heavy atom. The number of nitrogens with zero attached hydrogens (tertiary/aromatic N) is 3. The molecule has 1 unspecified atom stereocenters. The molecule has 2 aliphatic rings. The Kier molecular flexibility index (Phi) is 8.50. The topological polar surface area (TPSA) is 88.5 Å². The zero-order valence-electron chi connectivity index (χ0n) is 21.9. The van der Waals surface area contributed by atoms with Crippen molar-refractivity contribution >= 4 is 23.3 Å². The van der Waals surface area contributed by atoms with Gasteiger partial charge in [-0.3, -0.25) is 4.79 Å². The highest BCUT2D eigenvalue weighted by molar-refractivity contribution is 5.91. The summed E-state index contributed by atoms with van der Waals surface area (Å²) in [6.45, 7) is 11.4. The Bertz CT molecular complexity index is 1180. The number of carbonyl (C=O) groups excluding carboxylic acids is 2. The molecule has 3 amide bonds. The average Bonchev–Trinajstić information content (AvgIpc) is 2.93. The Hall–Kier alpha value is -3.79. The third-order valence-electron chi connectivity index (χ3n) is 7.62. The number of hydrogen-bond donors (Lipinski definition) is 2. The first-order chi connectivity index (χ1) is 17.9. The fourth-order valence-electron chi connectivity index (χ4n) is 5.32. The van der Waals surface area contributed by atoms with Crippen LogP contribution in [0.15, 0.2) is 49.0 Å². The minimum absolute atomic E-state index is 0.0416. The highest BCUT2D eigenvalue weighted by Crippen LogP contribution is 2.32. The lowest BCUT2D eigenvalue weighted by Crippen LogP contribution is -2.50. The fraction of sp³-hybridized carbons (Fsp3) is 0.433. The number of benzene rings is 2. The molecule has 2 aromatic carbocycles. The van der Waals surface area contributed by atoms with Gasteiger partial charge in [-0.15, -0.1) is 0 Å². The van der Waals surface area contributed by atoms with Crippen LogP contribution in [0.25, 0.3) is 5.70 Å². The van der Waals surface area contributed by atoms with Crippen molar-refractivity contribution in [3.05, 3.63) is 71.3 Å². The normalized spacial score (nSPS) is 18.1. The number of hydrogen-bond acceptors (Lipinski definition) is 4. The molecule has 0 bridgehead atoms. The summed E-state index contributed by atoms with van der Waals surface area (Å²) in [6, 6.07) is 15.9. The van der Waals surface area contributed by atoms with E-state index in [2.05, 4.69) is 46.4 Å². The molecular formula is C30H37N5O2. The van der Waals surface area contributed by atoms with Crippen LogP contribution >= 0.6 is 0 Å². The molecule has 2 fully saturated rings. The van der Waals surface area contributed by atoms with E-state index in [4.69, 9.17) is 5.26 Å². The highest BCUT2D eigenvalue weighted by atomic mass is 16.2. The number of rotatable bonds is 6. The first-order valence-corrected chi connectivity index (χ1v) is 13.3. The van der Waals surface area contributed by atoms with Crippen LogP contribution in [0.2, 0.25) is 0 Å². The molecule has 2 N–H and O–H groups in total. The van der Waals surface area contributed by atoms with Crippen molar-refractivity contribution in [3.8, 4) is 6.07 Å². The summed E-state index contributed by atoms with van der Waals surface area (Å²) in [4.78, 5) is 29.0. The molecule has 0 saturated carbocycles. The number of anilines is 1. The summed E-state index contributed by atoms with van der Waals surface area (Å²) in [7, 11) is 0. The first-order valence-electron chi connectivity index (χ1n) is 13.3. The lowest BCUT2D eigenvalue weighted by molar-refractivity contribution is -0.132. The number of carbonyl (C=O) groups is 2. The van der Waals surface area contributed by atoms with E-state index in [1.165, 1.54) is 5.56 Å². The molecule has 37 heavy (non-hydrogen) atoms. The molecule has 2 heterocycles. The van der Waals surface area contributed by atoms with Gasteiger partial charge in [-0.05, 0) is 73.4 Å². The molecule has 7 nitrogen and oxygen atoms in total. The van der Waals surface area contributed by atoms with Gasteiger partial charge in [0.15, 0.2) is 0 Å². The molecule has 2 aliphatic heterocycles. The maximum Gasteiger partial charge on any atom is 0.319 e. The Morgan fingerprint density at radius 3 is 2.46 bits per heavy atom. The zero-order valence-corrected chi connectivity index (χ0v) is 21.9. The van der Waals surface area contributed by atoms with E-state index in [0.717, 1.165) is 67.8 Å². The van der Waals surface area contributed by atoms with E-state index >= 15 is 0 Å². The van der Waals surface area contributed by atoms with Gasteiger partial charge in [0.1, 0.15) is 0 Å². The van der Waals surface area contributed by atoms with Crippen LogP contribution < -0.4 is 10.6 Å². The molecule has 1 atom stereocenters. The maximum absolute atomic E-state index is 12.8. The molecule has 0 radical (unpaired) electrons. The van der Waals surface area contributed by atoms with Crippen LogP contribution in [-0.2, 0) is 4.79 Å². The minimum Gasteiger partial charge on any atom is -0.371 e.